The number of aryl methyl sites for hydroxylation is 2. The molecule has 0 saturated carbocycles. The van der Waals surface area contributed by atoms with Gasteiger partial charge >= 0.3 is 6.09 Å². The van der Waals surface area contributed by atoms with Crippen LogP contribution in [0.4, 0.5) is 4.79 Å². The van der Waals surface area contributed by atoms with E-state index >= 15 is 0 Å². The third-order valence-electron chi connectivity index (χ3n) is 3.50. The van der Waals surface area contributed by atoms with Crippen LogP contribution < -0.4 is 10.1 Å². The van der Waals surface area contributed by atoms with E-state index in [1.807, 2.05) is 13.0 Å². The largest absolute Gasteiger partial charge is 0.412 e. The fourth-order valence-corrected chi connectivity index (χ4v) is 2.05. The van der Waals surface area contributed by atoms with Gasteiger partial charge in [-0.25, -0.2) is 4.79 Å². The van der Waals surface area contributed by atoms with Gasteiger partial charge < -0.3 is 10.1 Å². The Hall–Kier alpha value is -1.51. The molecule has 0 spiro atoms. The van der Waals surface area contributed by atoms with Crippen LogP contribution in [0.5, 0.6) is 5.75 Å². The summed E-state index contributed by atoms with van der Waals surface area (Å²) in [5, 5.41) is 2.81. The topological polar surface area (TPSA) is 38.3 Å². The molecule has 0 radical (unpaired) electrons. The zero-order valence-corrected chi connectivity index (χ0v) is 13.4. The minimum absolute atomic E-state index is 0.331. The van der Waals surface area contributed by atoms with Crippen molar-refractivity contribution in [2.45, 2.75) is 59.8 Å². The monoisotopic (exact) mass is 277 g/mol. The van der Waals surface area contributed by atoms with Crippen molar-refractivity contribution < 1.29 is 9.53 Å². The quantitative estimate of drug-likeness (QED) is 0.765. The number of carbonyl (C=O) groups is 1. The second kappa shape index (κ2) is 7.93. The number of ether oxygens (including phenoxy) is 1. The molecule has 0 aliphatic carbocycles. The Bertz CT molecular complexity index is 453. The molecule has 3 nitrogen and oxygen atoms in total. The SMILES string of the molecule is CCCCCNC(=O)Oc1cc(C)c(C)cc1C(C)C. The Morgan fingerprint density at radius 3 is 2.45 bits per heavy atom. The molecule has 0 unspecified atom stereocenters. The van der Waals surface area contributed by atoms with Crippen LogP contribution in [0.1, 0.15) is 62.6 Å². The average molecular weight is 277 g/mol. The lowest BCUT2D eigenvalue weighted by Crippen LogP contribution is -2.28. The molecule has 3 heteroatoms. The van der Waals surface area contributed by atoms with Crippen molar-refractivity contribution >= 4 is 6.09 Å². The maximum Gasteiger partial charge on any atom is 0.412 e. The first-order valence-electron chi connectivity index (χ1n) is 7.52. The molecule has 1 aromatic rings. The first kappa shape index (κ1) is 16.5. The van der Waals surface area contributed by atoms with Gasteiger partial charge in [0.1, 0.15) is 5.75 Å². The van der Waals surface area contributed by atoms with E-state index in [0.29, 0.717) is 18.2 Å². The summed E-state index contributed by atoms with van der Waals surface area (Å²) < 4.78 is 5.47. The number of carbonyl (C=O) groups excluding carboxylic acids is 1. The van der Waals surface area contributed by atoms with E-state index in [0.717, 1.165) is 30.4 Å². The molecule has 1 aromatic carbocycles. The highest BCUT2D eigenvalue weighted by atomic mass is 16.6. The molecular formula is C17H27NO2. The maximum absolute atomic E-state index is 11.8. The fraction of sp³-hybridized carbons (Fsp3) is 0.588. The smallest absolute Gasteiger partial charge is 0.410 e. The lowest BCUT2D eigenvalue weighted by Gasteiger charge is -2.15. The molecule has 0 saturated heterocycles. The molecule has 0 aliphatic heterocycles. The van der Waals surface area contributed by atoms with Crippen LogP contribution in [0.3, 0.4) is 0 Å². The molecule has 0 atom stereocenters. The third kappa shape index (κ3) is 4.87. The maximum atomic E-state index is 11.8. The second-order valence-electron chi connectivity index (χ2n) is 5.65. The van der Waals surface area contributed by atoms with Crippen LogP contribution in [0.25, 0.3) is 0 Å². The van der Waals surface area contributed by atoms with Crippen molar-refractivity contribution in [1.29, 1.82) is 0 Å². The standard InChI is InChI=1S/C17H27NO2/c1-6-7-8-9-18-17(19)20-16-11-14(5)13(4)10-15(16)12(2)3/h10-12H,6-9H2,1-5H3,(H,18,19). The third-order valence-corrected chi connectivity index (χ3v) is 3.50. The van der Waals surface area contributed by atoms with Crippen molar-refractivity contribution in [3.05, 3.63) is 28.8 Å². The van der Waals surface area contributed by atoms with Crippen molar-refractivity contribution in [3.63, 3.8) is 0 Å². The highest BCUT2D eigenvalue weighted by Gasteiger charge is 2.13. The van der Waals surface area contributed by atoms with E-state index in [1.165, 1.54) is 5.56 Å². The van der Waals surface area contributed by atoms with Gasteiger partial charge in [0.05, 0.1) is 0 Å². The number of hydrogen-bond acceptors (Lipinski definition) is 2. The molecule has 112 valence electrons. The zero-order valence-electron chi connectivity index (χ0n) is 13.4. The number of amides is 1. The molecule has 1 rings (SSSR count). The summed E-state index contributed by atoms with van der Waals surface area (Å²) in [5.74, 6) is 1.01. The Kier molecular flexibility index (Phi) is 6.56. The Labute approximate surface area is 122 Å². The lowest BCUT2D eigenvalue weighted by atomic mass is 9.97. The summed E-state index contributed by atoms with van der Waals surface area (Å²) in [7, 11) is 0. The molecule has 1 amide bonds. The van der Waals surface area contributed by atoms with Crippen LogP contribution in [0.2, 0.25) is 0 Å². The van der Waals surface area contributed by atoms with Gasteiger partial charge in [-0.15, -0.1) is 0 Å². The first-order valence-corrected chi connectivity index (χ1v) is 7.52. The number of benzene rings is 1. The van der Waals surface area contributed by atoms with Gasteiger partial charge in [0.2, 0.25) is 0 Å². The molecule has 0 fully saturated rings. The van der Waals surface area contributed by atoms with Gasteiger partial charge in [0.15, 0.2) is 0 Å². The summed E-state index contributed by atoms with van der Waals surface area (Å²) in [6, 6.07) is 4.07. The van der Waals surface area contributed by atoms with Gasteiger partial charge in [-0.3, -0.25) is 0 Å². The van der Waals surface area contributed by atoms with E-state index < -0.39 is 0 Å². The number of hydrogen-bond donors (Lipinski definition) is 1. The van der Waals surface area contributed by atoms with Gasteiger partial charge in [-0.1, -0.05) is 39.7 Å². The van der Waals surface area contributed by atoms with E-state index in [1.54, 1.807) is 0 Å². The summed E-state index contributed by atoms with van der Waals surface area (Å²) in [6.07, 6.45) is 2.91. The van der Waals surface area contributed by atoms with E-state index in [4.69, 9.17) is 4.74 Å². The molecule has 0 heterocycles. The van der Waals surface area contributed by atoms with Crippen LogP contribution in [0.15, 0.2) is 12.1 Å². The van der Waals surface area contributed by atoms with E-state index in [9.17, 15) is 4.79 Å². The van der Waals surface area contributed by atoms with Crippen molar-refractivity contribution in [1.82, 2.24) is 5.32 Å². The van der Waals surface area contributed by atoms with Gasteiger partial charge in [-0.05, 0) is 48.9 Å². The Balaban J connectivity index is 2.71. The van der Waals surface area contributed by atoms with Crippen LogP contribution >= 0.6 is 0 Å². The van der Waals surface area contributed by atoms with Crippen LogP contribution in [-0.4, -0.2) is 12.6 Å². The predicted octanol–water partition coefficient (Wildman–Crippen LogP) is 4.71. The minimum atomic E-state index is -0.355. The minimum Gasteiger partial charge on any atom is -0.410 e. The van der Waals surface area contributed by atoms with Crippen LogP contribution in [0, 0.1) is 13.8 Å². The molecule has 20 heavy (non-hydrogen) atoms. The Morgan fingerprint density at radius 2 is 1.85 bits per heavy atom. The van der Waals surface area contributed by atoms with Gasteiger partial charge in [-0.2, -0.15) is 0 Å². The molecule has 0 aliphatic rings. The van der Waals surface area contributed by atoms with E-state index in [2.05, 4.69) is 39.1 Å². The zero-order chi connectivity index (χ0) is 15.1. The number of rotatable bonds is 6. The van der Waals surface area contributed by atoms with Crippen molar-refractivity contribution in [3.8, 4) is 5.75 Å². The molecule has 0 bridgehead atoms. The van der Waals surface area contributed by atoms with Crippen molar-refractivity contribution in [2.75, 3.05) is 6.54 Å². The van der Waals surface area contributed by atoms with Gasteiger partial charge in [0, 0.05) is 6.54 Å². The number of unbranched alkanes of at least 4 members (excludes halogenated alkanes) is 2. The number of nitrogens with one attached hydrogen (secondary N) is 1. The summed E-state index contributed by atoms with van der Waals surface area (Å²) in [6.45, 7) is 11.1. The van der Waals surface area contributed by atoms with Gasteiger partial charge in [0.25, 0.3) is 0 Å². The second-order valence-corrected chi connectivity index (χ2v) is 5.65. The summed E-state index contributed by atoms with van der Waals surface area (Å²) >= 11 is 0. The molecule has 0 aromatic heterocycles. The summed E-state index contributed by atoms with van der Waals surface area (Å²) in [4.78, 5) is 11.8. The first-order chi connectivity index (χ1) is 9.45. The predicted molar refractivity (Wildman–Crippen MR) is 83.6 cm³/mol. The Morgan fingerprint density at radius 1 is 1.20 bits per heavy atom. The van der Waals surface area contributed by atoms with Crippen molar-refractivity contribution in [2.24, 2.45) is 0 Å². The normalized spacial score (nSPS) is 10.7. The highest BCUT2D eigenvalue weighted by Crippen LogP contribution is 2.29. The van der Waals surface area contributed by atoms with E-state index in [-0.39, 0.29) is 6.09 Å². The molecule has 1 N–H and O–H groups in total. The van der Waals surface area contributed by atoms with Crippen LogP contribution in [-0.2, 0) is 0 Å². The fourth-order valence-electron chi connectivity index (χ4n) is 2.05. The highest BCUT2D eigenvalue weighted by molar-refractivity contribution is 5.71. The molecular weight excluding hydrogens is 250 g/mol. The average Bonchev–Trinajstić information content (AvgIpc) is 2.38. The summed E-state index contributed by atoms with van der Waals surface area (Å²) in [5.41, 5.74) is 3.45. The lowest BCUT2D eigenvalue weighted by molar-refractivity contribution is 0.199.